The van der Waals surface area contributed by atoms with E-state index in [0.29, 0.717) is 6.04 Å². The van der Waals surface area contributed by atoms with Crippen molar-refractivity contribution < 1.29 is 0 Å². The quantitative estimate of drug-likeness (QED) is 0.752. The Morgan fingerprint density at radius 2 is 2.17 bits per heavy atom. The van der Waals surface area contributed by atoms with E-state index in [1.54, 1.807) is 0 Å². The topological polar surface area (TPSA) is 33.1 Å². The summed E-state index contributed by atoms with van der Waals surface area (Å²) < 4.78 is 2.07. The summed E-state index contributed by atoms with van der Waals surface area (Å²) in [4.78, 5) is 2.53. The lowest BCUT2D eigenvalue weighted by Crippen LogP contribution is -2.29. The smallest absolute Gasteiger partial charge is 0.0762 e. The molecule has 2 heterocycles. The van der Waals surface area contributed by atoms with Gasteiger partial charge in [-0.25, -0.2) is 0 Å². The summed E-state index contributed by atoms with van der Waals surface area (Å²) in [5.74, 6) is 0. The molecule has 0 aliphatic carbocycles. The number of aromatic nitrogens is 2. The first-order chi connectivity index (χ1) is 8.79. The van der Waals surface area contributed by atoms with Gasteiger partial charge < -0.3 is 10.2 Å². The fraction of sp³-hybridized carbons (Fsp3) is 0.786. The Morgan fingerprint density at radius 1 is 1.39 bits per heavy atom. The molecule has 2 rings (SSSR count). The van der Waals surface area contributed by atoms with E-state index in [1.165, 1.54) is 32.5 Å². The van der Waals surface area contributed by atoms with Crippen molar-refractivity contribution in [3.05, 3.63) is 18.0 Å². The maximum absolute atomic E-state index is 4.59. The first-order valence-corrected chi connectivity index (χ1v) is 7.26. The highest BCUT2D eigenvalue weighted by Gasteiger charge is 2.10. The van der Waals surface area contributed by atoms with Crippen LogP contribution in [0.4, 0.5) is 0 Å². The van der Waals surface area contributed by atoms with Gasteiger partial charge >= 0.3 is 0 Å². The maximum Gasteiger partial charge on any atom is 0.0762 e. The van der Waals surface area contributed by atoms with Gasteiger partial charge in [0.25, 0.3) is 0 Å². The molecule has 1 atom stereocenters. The van der Waals surface area contributed by atoms with Crippen LogP contribution >= 0.6 is 0 Å². The lowest BCUT2D eigenvalue weighted by Gasteiger charge is -2.14. The summed E-state index contributed by atoms with van der Waals surface area (Å²) in [7, 11) is 0. The van der Waals surface area contributed by atoms with E-state index < -0.39 is 0 Å². The molecule has 1 aliphatic rings. The Hall–Kier alpha value is -0.870. The molecule has 0 bridgehead atoms. The standard InChI is InChI=1S/C14H26N4/c1-3-13(2)18-10-6-14(16-18)12-15-7-11-17-8-4-5-9-17/h6,10,13,15H,3-5,7-9,11-12H2,1-2H3. The van der Waals surface area contributed by atoms with Gasteiger partial charge in [0.1, 0.15) is 0 Å². The van der Waals surface area contributed by atoms with Gasteiger partial charge in [-0.1, -0.05) is 6.92 Å². The van der Waals surface area contributed by atoms with E-state index in [2.05, 4.69) is 46.1 Å². The molecule has 4 nitrogen and oxygen atoms in total. The zero-order valence-electron chi connectivity index (χ0n) is 11.7. The molecule has 0 radical (unpaired) electrons. The van der Waals surface area contributed by atoms with Gasteiger partial charge in [0, 0.05) is 31.9 Å². The molecule has 0 spiro atoms. The van der Waals surface area contributed by atoms with Crippen LogP contribution in [0.1, 0.15) is 44.8 Å². The number of nitrogens with zero attached hydrogens (tertiary/aromatic N) is 3. The van der Waals surface area contributed by atoms with Crippen LogP contribution in [0.25, 0.3) is 0 Å². The highest BCUT2D eigenvalue weighted by atomic mass is 15.3. The third-order valence-corrected chi connectivity index (χ3v) is 3.82. The first kappa shape index (κ1) is 13.6. The molecular formula is C14H26N4. The van der Waals surface area contributed by atoms with E-state index in [0.717, 1.165) is 25.2 Å². The molecule has 1 saturated heterocycles. The van der Waals surface area contributed by atoms with Crippen LogP contribution in [-0.4, -0.2) is 40.9 Å². The van der Waals surface area contributed by atoms with Crippen LogP contribution in [0.3, 0.4) is 0 Å². The second-order valence-corrected chi connectivity index (χ2v) is 5.27. The zero-order valence-corrected chi connectivity index (χ0v) is 11.7. The molecule has 1 aliphatic heterocycles. The van der Waals surface area contributed by atoms with E-state index in [-0.39, 0.29) is 0 Å². The molecule has 102 valence electrons. The number of likely N-dealkylation sites (tertiary alicyclic amines) is 1. The van der Waals surface area contributed by atoms with Crippen molar-refractivity contribution in [2.24, 2.45) is 0 Å². The zero-order chi connectivity index (χ0) is 12.8. The van der Waals surface area contributed by atoms with Crippen molar-refractivity contribution in [2.75, 3.05) is 26.2 Å². The molecule has 18 heavy (non-hydrogen) atoms. The molecule has 0 saturated carbocycles. The van der Waals surface area contributed by atoms with Crippen molar-refractivity contribution in [1.82, 2.24) is 20.0 Å². The van der Waals surface area contributed by atoms with Gasteiger partial charge in [-0.2, -0.15) is 5.10 Å². The van der Waals surface area contributed by atoms with Crippen LogP contribution in [0, 0.1) is 0 Å². The normalized spacial score (nSPS) is 18.3. The molecule has 1 unspecified atom stereocenters. The SMILES string of the molecule is CCC(C)n1ccc(CNCCN2CCCC2)n1. The minimum atomic E-state index is 0.503. The molecule has 1 aromatic rings. The van der Waals surface area contributed by atoms with Crippen molar-refractivity contribution >= 4 is 0 Å². The molecular weight excluding hydrogens is 224 g/mol. The third kappa shape index (κ3) is 3.82. The second kappa shape index (κ2) is 6.90. The van der Waals surface area contributed by atoms with Crippen molar-refractivity contribution in [2.45, 2.75) is 45.7 Å². The third-order valence-electron chi connectivity index (χ3n) is 3.82. The fourth-order valence-corrected chi connectivity index (χ4v) is 2.36. The maximum atomic E-state index is 4.59. The van der Waals surface area contributed by atoms with E-state index >= 15 is 0 Å². The summed E-state index contributed by atoms with van der Waals surface area (Å²) >= 11 is 0. The number of hydrogen-bond acceptors (Lipinski definition) is 3. The molecule has 4 heteroatoms. The summed E-state index contributed by atoms with van der Waals surface area (Å²) in [6.45, 7) is 10.1. The van der Waals surface area contributed by atoms with E-state index in [1.807, 2.05) is 0 Å². The minimum absolute atomic E-state index is 0.503. The van der Waals surface area contributed by atoms with Gasteiger partial charge in [0.2, 0.25) is 0 Å². The average molecular weight is 250 g/mol. The Morgan fingerprint density at radius 3 is 2.89 bits per heavy atom. The molecule has 1 aromatic heterocycles. The van der Waals surface area contributed by atoms with Gasteiger partial charge in [0.05, 0.1) is 5.69 Å². The van der Waals surface area contributed by atoms with Crippen molar-refractivity contribution in [1.29, 1.82) is 0 Å². The van der Waals surface area contributed by atoms with Gasteiger partial charge in [0.15, 0.2) is 0 Å². The van der Waals surface area contributed by atoms with Crippen LogP contribution in [0.2, 0.25) is 0 Å². The summed E-state index contributed by atoms with van der Waals surface area (Å²) in [6.07, 6.45) is 5.97. The number of rotatable bonds is 7. The van der Waals surface area contributed by atoms with E-state index in [4.69, 9.17) is 0 Å². The monoisotopic (exact) mass is 250 g/mol. The molecule has 1 N–H and O–H groups in total. The lowest BCUT2D eigenvalue weighted by molar-refractivity contribution is 0.335. The molecule has 1 fully saturated rings. The van der Waals surface area contributed by atoms with Crippen LogP contribution in [-0.2, 0) is 6.54 Å². The average Bonchev–Trinajstić information content (AvgIpc) is 3.05. The molecule has 0 aromatic carbocycles. The molecule has 0 amide bonds. The van der Waals surface area contributed by atoms with Crippen LogP contribution < -0.4 is 5.32 Å². The largest absolute Gasteiger partial charge is 0.310 e. The minimum Gasteiger partial charge on any atom is -0.310 e. The van der Waals surface area contributed by atoms with Crippen molar-refractivity contribution in [3.63, 3.8) is 0 Å². The lowest BCUT2D eigenvalue weighted by atomic mass is 10.3. The first-order valence-electron chi connectivity index (χ1n) is 7.26. The Labute approximate surface area is 110 Å². The second-order valence-electron chi connectivity index (χ2n) is 5.27. The fourth-order valence-electron chi connectivity index (χ4n) is 2.36. The van der Waals surface area contributed by atoms with Gasteiger partial charge in [-0.15, -0.1) is 0 Å². The van der Waals surface area contributed by atoms with Gasteiger partial charge in [-0.05, 0) is 45.3 Å². The predicted molar refractivity (Wildman–Crippen MR) is 74.6 cm³/mol. The van der Waals surface area contributed by atoms with Gasteiger partial charge in [-0.3, -0.25) is 4.68 Å². The number of hydrogen-bond donors (Lipinski definition) is 1. The Kier molecular flexibility index (Phi) is 5.20. The summed E-state index contributed by atoms with van der Waals surface area (Å²) in [6, 6.07) is 2.62. The predicted octanol–water partition coefficient (Wildman–Crippen LogP) is 2.04. The highest BCUT2D eigenvalue weighted by molar-refractivity contribution is 4.99. The van der Waals surface area contributed by atoms with Crippen molar-refractivity contribution in [3.8, 4) is 0 Å². The Bertz CT molecular complexity index is 341. The van der Waals surface area contributed by atoms with E-state index in [9.17, 15) is 0 Å². The number of nitrogens with one attached hydrogen (secondary N) is 1. The van der Waals surface area contributed by atoms with Crippen LogP contribution in [0.15, 0.2) is 12.3 Å². The summed E-state index contributed by atoms with van der Waals surface area (Å²) in [5.41, 5.74) is 1.15. The summed E-state index contributed by atoms with van der Waals surface area (Å²) in [5, 5.41) is 8.07. The highest BCUT2D eigenvalue weighted by Crippen LogP contribution is 2.09. The van der Waals surface area contributed by atoms with Crippen LogP contribution in [0.5, 0.6) is 0 Å². The Balaban J connectivity index is 1.65.